The molecular weight excluding hydrogens is 253 g/mol. The number of unbranched alkanes of at least 4 members (excludes halogenated alkanes) is 1. The highest BCUT2D eigenvalue weighted by Gasteiger charge is 2.16. The Morgan fingerprint density at radius 1 is 1.40 bits per heavy atom. The molecule has 4 heteroatoms. The van der Waals surface area contributed by atoms with E-state index in [9.17, 15) is 4.39 Å². The highest BCUT2D eigenvalue weighted by Crippen LogP contribution is 2.17. The number of nitrogens with one attached hydrogen (secondary N) is 1. The third kappa shape index (κ3) is 4.30. The normalized spacial score (nSPS) is 12.7. The van der Waals surface area contributed by atoms with E-state index in [4.69, 9.17) is 11.1 Å². The van der Waals surface area contributed by atoms with Gasteiger partial charge in [-0.2, -0.15) is 0 Å². The first-order valence-electron chi connectivity index (χ1n) is 7.37. The van der Waals surface area contributed by atoms with Gasteiger partial charge >= 0.3 is 0 Å². The van der Waals surface area contributed by atoms with E-state index in [1.54, 1.807) is 18.2 Å². The topological polar surface area (TPSA) is 53.1 Å². The number of nitrogens with zero attached hydrogens (tertiary/aromatic N) is 1. The summed E-state index contributed by atoms with van der Waals surface area (Å²) in [5, 5.41) is 7.41. The summed E-state index contributed by atoms with van der Waals surface area (Å²) < 4.78 is 14.3. The number of halogens is 1. The lowest BCUT2D eigenvalue weighted by Gasteiger charge is -2.28. The molecule has 1 aromatic carbocycles. The number of rotatable bonds is 8. The molecule has 3 nitrogen and oxygen atoms in total. The minimum absolute atomic E-state index is 0.196. The van der Waals surface area contributed by atoms with Crippen molar-refractivity contribution >= 4 is 5.84 Å². The second-order valence-electron chi connectivity index (χ2n) is 5.27. The monoisotopic (exact) mass is 279 g/mol. The fourth-order valence-corrected chi connectivity index (χ4v) is 2.20. The maximum Gasteiger partial charge on any atom is 0.138 e. The zero-order valence-corrected chi connectivity index (χ0v) is 12.7. The van der Waals surface area contributed by atoms with Gasteiger partial charge in [0, 0.05) is 18.2 Å². The molecule has 1 aromatic rings. The molecule has 3 N–H and O–H groups in total. The van der Waals surface area contributed by atoms with Crippen LogP contribution in [0.3, 0.4) is 0 Å². The molecule has 0 fully saturated rings. The minimum atomic E-state index is -0.357. The number of hydrogen-bond acceptors (Lipinski definition) is 2. The van der Waals surface area contributed by atoms with Gasteiger partial charge in [0.25, 0.3) is 0 Å². The Labute approximate surface area is 121 Å². The summed E-state index contributed by atoms with van der Waals surface area (Å²) in [5.74, 6) is -0.571. The predicted octanol–water partition coefficient (Wildman–Crippen LogP) is 3.51. The molecule has 20 heavy (non-hydrogen) atoms. The first-order chi connectivity index (χ1) is 9.51. The summed E-state index contributed by atoms with van der Waals surface area (Å²) in [6, 6.07) is 5.52. The zero-order chi connectivity index (χ0) is 15.1. The molecule has 1 rings (SSSR count). The summed E-state index contributed by atoms with van der Waals surface area (Å²) in [4.78, 5) is 2.30. The first-order valence-corrected chi connectivity index (χ1v) is 7.37. The number of benzene rings is 1. The fraction of sp³-hybridized carbons (Fsp3) is 0.562. The Hall–Kier alpha value is -1.42. The SMILES string of the molecule is CCCCN(Cc1cccc(C(=N)N)c1F)C(C)CC. The number of hydrogen-bond donors (Lipinski definition) is 2. The largest absolute Gasteiger partial charge is 0.384 e. The van der Waals surface area contributed by atoms with E-state index in [-0.39, 0.29) is 17.2 Å². The third-order valence-electron chi connectivity index (χ3n) is 3.76. The minimum Gasteiger partial charge on any atom is -0.384 e. The number of nitrogens with two attached hydrogens (primary N) is 1. The van der Waals surface area contributed by atoms with Crippen LogP contribution in [0.4, 0.5) is 4.39 Å². The Balaban J connectivity index is 2.93. The van der Waals surface area contributed by atoms with Crippen molar-refractivity contribution in [3.63, 3.8) is 0 Å². The van der Waals surface area contributed by atoms with Crippen molar-refractivity contribution in [2.24, 2.45) is 5.73 Å². The van der Waals surface area contributed by atoms with Gasteiger partial charge in [-0.25, -0.2) is 4.39 Å². The van der Waals surface area contributed by atoms with Crippen molar-refractivity contribution in [3.05, 3.63) is 35.1 Å². The Morgan fingerprint density at radius 2 is 2.10 bits per heavy atom. The maximum absolute atomic E-state index is 14.3. The van der Waals surface area contributed by atoms with Crippen LogP contribution in [0.2, 0.25) is 0 Å². The van der Waals surface area contributed by atoms with E-state index < -0.39 is 0 Å². The van der Waals surface area contributed by atoms with E-state index >= 15 is 0 Å². The van der Waals surface area contributed by atoms with Crippen LogP contribution in [0, 0.1) is 11.2 Å². The summed E-state index contributed by atoms with van der Waals surface area (Å²) in [6.45, 7) is 8.01. The van der Waals surface area contributed by atoms with Gasteiger partial charge in [0.2, 0.25) is 0 Å². The van der Waals surface area contributed by atoms with Gasteiger partial charge in [0.1, 0.15) is 11.7 Å². The molecule has 112 valence electrons. The maximum atomic E-state index is 14.3. The Morgan fingerprint density at radius 3 is 2.65 bits per heavy atom. The van der Waals surface area contributed by atoms with Crippen LogP contribution in [0.15, 0.2) is 18.2 Å². The molecule has 0 bridgehead atoms. The van der Waals surface area contributed by atoms with Crippen molar-refractivity contribution in [2.45, 2.75) is 52.6 Å². The van der Waals surface area contributed by atoms with E-state index in [1.807, 2.05) is 0 Å². The molecule has 0 amide bonds. The average molecular weight is 279 g/mol. The van der Waals surface area contributed by atoms with Crippen LogP contribution < -0.4 is 5.73 Å². The zero-order valence-electron chi connectivity index (χ0n) is 12.7. The van der Waals surface area contributed by atoms with Gasteiger partial charge in [0.05, 0.1) is 5.56 Å². The van der Waals surface area contributed by atoms with Crippen LogP contribution in [0.25, 0.3) is 0 Å². The van der Waals surface area contributed by atoms with Gasteiger partial charge in [-0.05, 0) is 32.4 Å². The van der Waals surface area contributed by atoms with Crippen LogP contribution in [0.1, 0.15) is 51.2 Å². The number of nitrogen functional groups attached to an aromatic ring is 1. The van der Waals surface area contributed by atoms with Crippen molar-refractivity contribution in [1.29, 1.82) is 5.41 Å². The smallest absolute Gasteiger partial charge is 0.138 e. The molecule has 0 saturated carbocycles. The van der Waals surface area contributed by atoms with Crippen molar-refractivity contribution in [2.75, 3.05) is 6.54 Å². The highest BCUT2D eigenvalue weighted by molar-refractivity contribution is 5.95. The van der Waals surface area contributed by atoms with Crippen LogP contribution in [-0.4, -0.2) is 23.3 Å². The molecule has 1 unspecified atom stereocenters. The summed E-state index contributed by atoms with van der Waals surface area (Å²) in [6.07, 6.45) is 3.28. The second-order valence-corrected chi connectivity index (χ2v) is 5.27. The summed E-state index contributed by atoms with van der Waals surface area (Å²) in [7, 11) is 0. The lowest BCUT2D eigenvalue weighted by Crippen LogP contribution is -2.33. The first kappa shape index (κ1) is 16.6. The van der Waals surface area contributed by atoms with Crippen LogP contribution in [0.5, 0.6) is 0 Å². The summed E-state index contributed by atoms with van der Waals surface area (Å²) >= 11 is 0. The lowest BCUT2D eigenvalue weighted by atomic mass is 10.1. The molecule has 0 aromatic heterocycles. The van der Waals surface area contributed by atoms with Crippen molar-refractivity contribution < 1.29 is 4.39 Å². The Bertz CT molecular complexity index is 445. The van der Waals surface area contributed by atoms with Crippen LogP contribution in [-0.2, 0) is 6.54 Å². The van der Waals surface area contributed by atoms with Gasteiger partial charge in [-0.1, -0.05) is 32.4 Å². The van der Waals surface area contributed by atoms with Gasteiger partial charge < -0.3 is 5.73 Å². The molecular formula is C16H26FN3. The molecule has 0 aliphatic rings. The van der Waals surface area contributed by atoms with E-state index in [1.165, 1.54) is 0 Å². The van der Waals surface area contributed by atoms with Crippen molar-refractivity contribution in [3.8, 4) is 0 Å². The molecule has 1 atom stereocenters. The second kappa shape index (κ2) is 8.00. The summed E-state index contributed by atoms with van der Waals surface area (Å²) in [5.41, 5.74) is 6.23. The standard InChI is InChI=1S/C16H26FN3/c1-4-6-10-20(12(3)5-2)11-13-8-7-9-14(15(13)17)16(18)19/h7-9,12H,4-6,10-11H2,1-3H3,(H3,18,19). The quantitative estimate of drug-likeness (QED) is 0.565. The average Bonchev–Trinajstić information content (AvgIpc) is 2.43. The molecule has 0 radical (unpaired) electrons. The van der Waals surface area contributed by atoms with Gasteiger partial charge in [0.15, 0.2) is 0 Å². The fourth-order valence-electron chi connectivity index (χ4n) is 2.20. The van der Waals surface area contributed by atoms with Gasteiger partial charge in [-0.15, -0.1) is 0 Å². The molecule has 0 heterocycles. The molecule has 0 spiro atoms. The van der Waals surface area contributed by atoms with E-state index in [2.05, 4.69) is 25.7 Å². The lowest BCUT2D eigenvalue weighted by molar-refractivity contribution is 0.190. The third-order valence-corrected chi connectivity index (χ3v) is 3.76. The van der Waals surface area contributed by atoms with Crippen LogP contribution >= 0.6 is 0 Å². The van der Waals surface area contributed by atoms with E-state index in [0.29, 0.717) is 18.2 Å². The Kier molecular flexibility index (Phi) is 6.65. The van der Waals surface area contributed by atoms with Gasteiger partial charge in [-0.3, -0.25) is 10.3 Å². The van der Waals surface area contributed by atoms with Crippen molar-refractivity contribution in [1.82, 2.24) is 4.90 Å². The molecule has 0 saturated heterocycles. The highest BCUT2D eigenvalue weighted by atomic mass is 19.1. The predicted molar refractivity (Wildman–Crippen MR) is 82.5 cm³/mol. The number of amidine groups is 1. The molecule has 0 aliphatic carbocycles. The molecule has 0 aliphatic heterocycles. The van der Waals surface area contributed by atoms with E-state index in [0.717, 1.165) is 25.8 Å².